The van der Waals surface area contributed by atoms with Gasteiger partial charge in [-0.3, -0.25) is 4.79 Å². The van der Waals surface area contributed by atoms with Gasteiger partial charge in [-0.2, -0.15) is 5.26 Å². The summed E-state index contributed by atoms with van der Waals surface area (Å²) in [7, 11) is 0. The van der Waals surface area contributed by atoms with Crippen molar-refractivity contribution in [1.29, 1.82) is 5.26 Å². The van der Waals surface area contributed by atoms with Crippen LogP contribution in [0.5, 0.6) is 0 Å². The quantitative estimate of drug-likeness (QED) is 0.882. The Balaban J connectivity index is 2.25. The lowest BCUT2D eigenvalue weighted by Crippen LogP contribution is -2.33. The van der Waals surface area contributed by atoms with E-state index in [0.29, 0.717) is 5.15 Å². The summed E-state index contributed by atoms with van der Waals surface area (Å²) in [5, 5.41) is 13.6. The highest BCUT2D eigenvalue weighted by atomic mass is 35.5. The Labute approximate surface area is 122 Å². The summed E-state index contributed by atoms with van der Waals surface area (Å²) < 4.78 is 0. The van der Waals surface area contributed by atoms with Gasteiger partial charge in [0.1, 0.15) is 10.8 Å². The van der Waals surface area contributed by atoms with Crippen LogP contribution in [0.15, 0.2) is 30.3 Å². The molecule has 0 aliphatic heterocycles. The van der Waals surface area contributed by atoms with Gasteiger partial charge in [0.15, 0.2) is 0 Å². The van der Waals surface area contributed by atoms with E-state index in [9.17, 15) is 4.79 Å². The summed E-state index contributed by atoms with van der Waals surface area (Å²) >= 11 is 6.08. The third-order valence-electron chi connectivity index (χ3n) is 2.92. The molecule has 0 unspecified atom stereocenters. The van der Waals surface area contributed by atoms with E-state index in [-0.39, 0.29) is 18.1 Å². The van der Waals surface area contributed by atoms with Gasteiger partial charge in [-0.1, -0.05) is 35.9 Å². The maximum absolute atomic E-state index is 12.1. The van der Waals surface area contributed by atoms with Crippen molar-refractivity contribution in [3.05, 3.63) is 41.2 Å². The molecule has 0 aliphatic carbocycles. The van der Waals surface area contributed by atoms with Gasteiger partial charge in [-0.05, 0) is 25.3 Å². The highest BCUT2D eigenvalue weighted by Crippen LogP contribution is 2.22. The zero-order valence-corrected chi connectivity index (χ0v) is 12.0. The number of carbonyl (C=O) groups excluding carboxylic acids is 1. The van der Waals surface area contributed by atoms with Crippen molar-refractivity contribution in [2.75, 3.05) is 6.54 Å². The van der Waals surface area contributed by atoms with Crippen LogP contribution < -0.4 is 5.32 Å². The minimum atomic E-state index is -0.615. The Kier molecular flexibility index (Phi) is 3.91. The van der Waals surface area contributed by atoms with E-state index >= 15 is 0 Å². The first-order valence-corrected chi connectivity index (χ1v) is 6.55. The number of nitrogens with zero attached hydrogens (tertiary/aromatic N) is 2. The molecule has 0 spiro atoms. The van der Waals surface area contributed by atoms with E-state index in [4.69, 9.17) is 16.9 Å². The number of aromatic nitrogens is 1. The zero-order valence-electron chi connectivity index (χ0n) is 11.3. The number of amides is 1. The average molecular weight is 288 g/mol. The molecule has 0 radical (unpaired) electrons. The number of carbonyl (C=O) groups is 1. The fraction of sp³-hybridized carbons (Fsp3) is 0.267. The summed E-state index contributed by atoms with van der Waals surface area (Å²) in [6.07, 6.45) is 0. The van der Waals surface area contributed by atoms with Gasteiger partial charge in [0.2, 0.25) is 0 Å². The third-order valence-corrected chi connectivity index (χ3v) is 3.21. The smallest absolute Gasteiger partial charge is 0.270 e. The molecular weight excluding hydrogens is 274 g/mol. The molecule has 0 atom stereocenters. The molecule has 0 fully saturated rings. The Hall–Kier alpha value is -2.12. The Morgan fingerprint density at radius 3 is 2.85 bits per heavy atom. The number of hydrogen-bond donors (Lipinski definition) is 1. The topological polar surface area (TPSA) is 65.8 Å². The van der Waals surface area contributed by atoms with Crippen LogP contribution in [-0.2, 0) is 0 Å². The zero-order chi connectivity index (χ0) is 14.8. The summed E-state index contributed by atoms with van der Waals surface area (Å²) in [4.78, 5) is 16.2. The Morgan fingerprint density at radius 1 is 1.45 bits per heavy atom. The lowest BCUT2D eigenvalue weighted by molar-refractivity contribution is 0.0939. The molecule has 5 heteroatoms. The molecule has 1 heterocycles. The highest BCUT2D eigenvalue weighted by molar-refractivity contribution is 6.34. The minimum Gasteiger partial charge on any atom is -0.349 e. The van der Waals surface area contributed by atoms with Crippen LogP contribution >= 0.6 is 11.6 Å². The Bertz CT molecular complexity index is 704. The number of benzene rings is 1. The molecule has 0 bridgehead atoms. The molecule has 0 saturated heterocycles. The fourth-order valence-corrected chi connectivity index (χ4v) is 1.97. The maximum atomic E-state index is 12.1. The van der Waals surface area contributed by atoms with Gasteiger partial charge in [0, 0.05) is 11.9 Å². The van der Waals surface area contributed by atoms with Crippen molar-refractivity contribution >= 4 is 28.3 Å². The van der Waals surface area contributed by atoms with Crippen LogP contribution in [0.1, 0.15) is 24.3 Å². The monoisotopic (exact) mass is 287 g/mol. The van der Waals surface area contributed by atoms with E-state index < -0.39 is 5.41 Å². The van der Waals surface area contributed by atoms with Crippen LogP contribution in [0.25, 0.3) is 10.8 Å². The molecule has 4 nitrogen and oxygen atoms in total. The number of rotatable bonds is 3. The molecule has 20 heavy (non-hydrogen) atoms. The van der Waals surface area contributed by atoms with Crippen LogP contribution in [0.2, 0.25) is 5.15 Å². The second-order valence-electron chi connectivity index (χ2n) is 5.20. The first kappa shape index (κ1) is 14.3. The van der Waals surface area contributed by atoms with Gasteiger partial charge >= 0.3 is 0 Å². The van der Waals surface area contributed by atoms with Gasteiger partial charge in [-0.25, -0.2) is 4.98 Å². The number of nitrogens with one attached hydrogen (secondary N) is 1. The molecule has 0 aliphatic rings. The second kappa shape index (κ2) is 5.48. The summed E-state index contributed by atoms with van der Waals surface area (Å²) in [5.41, 5.74) is -0.363. The van der Waals surface area contributed by atoms with Crippen molar-refractivity contribution < 1.29 is 4.79 Å². The molecule has 102 valence electrons. The normalized spacial score (nSPS) is 11.1. The number of pyridine rings is 1. The number of halogens is 1. The summed E-state index contributed by atoms with van der Waals surface area (Å²) in [5.74, 6) is -0.332. The highest BCUT2D eigenvalue weighted by Gasteiger charge is 2.19. The maximum Gasteiger partial charge on any atom is 0.270 e. The molecule has 2 aromatic rings. The molecule has 1 aromatic heterocycles. The SMILES string of the molecule is CC(C)(C#N)CNC(=O)c1cc2ccccc2c(Cl)n1. The number of nitriles is 1. The first-order valence-electron chi connectivity index (χ1n) is 6.18. The predicted octanol–water partition coefficient (Wildman–Crippen LogP) is 3.17. The first-order chi connectivity index (χ1) is 9.43. The third kappa shape index (κ3) is 3.06. The fourth-order valence-electron chi connectivity index (χ4n) is 1.70. The van der Waals surface area contributed by atoms with Crippen molar-refractivity contribution in [1.82, 2.24) is 10.3 Å². The van der Waals surface area contributed by atoms with E-state index in [1.807, 2.05) is 24.3 Å². The average Bonchev–Trinajstić information content (AvgIpc) is 2.45. The number of fused-ring (bicyclic) bond motifs is 1. The predicted molar refractivity (Wildman–Crippen MR) is 78.5 cm³/mol. The molecule has 1 aromatic carbocycles. The van der Waals surface area contributed by atoms with Crippen molar-refractivity contribution in [3.8, 4) is 6.07 Å². The van der Waals surface area contributed by atoms with Crippen molar-refractivity contribution in [2.45, 2.75) is 13.8 Å². The van der Waals surface area contributed by atoms with Crippen molar-refractivity contribution in [3.63, 3.8) is 0 Å². The van der Waals surface area contributed by atoms with Gasteiger partial charge < -0.3 is 5.32 Å². The number of hydrogen-bond acceptors (Lipinski definition) is 3. The summed E-state index contributed by atoms with van der Waals surface area (Å²) in [6.45, 7) is 3.77. The van der Waals surface area contributed by atoms with E-state index in [0.717, 1.165) is 10.8 Å². The molecule has 0 saturated carbocycles. The standard InChI is InChI=1S/C15H14ClN3O/c1-15(2,8-17)9-18-14(20)12-7-10-5-3-4-6-11(10)13(16)19-12/h3-7H,9H2,1-2H3,(H,18,20). The van der Waals surface area contributed by atoms with Crippen LogP contribution in [0.4, 0.5) is 0 Å². The Morgan fingerprint density at radius 2 is 2.15 bits per heavy atom. The lowest BCUT2D eigenvalue weighted by atomic mass is 9.96. The van der Waals surface area contributed by atoms with Crippen LogP contribution in [-0.4, -0.2) is 17.4 Å². The summed E-state index contributed by atoms with van der Waals surface area (Å²) in [6, 6.07) is 11.3. The van der Waals surface area contributed by atoms with E-state index in [2.05, 4.69) is 16.4 Å². The van der Waals surface area contributed by atoms with Crippen molar-refractivity contribution in [2.24, 2.45) is 5.41 Å². The lowest BCUT2D eigenvalue weighted by Gasteiger charge is -2.15. The molecule has 2 rings (SSSR count). The minimum absolute atomic E-state index is 0.252. The van der Waals surface area contributed by atoms with Gasteiger partial charge in [0.25, 0.3) is 5.91 Å². The largest absolute Gasteiger partial charge is 0.349 e. The van der Waals surface area contributed by atoms with Crippen LogP contribution in [0, 0.1) is 16.7 Å². The van der Waals surface area contributed by atoms with E-state index in [1.165, 1.54) is 0 Å². The van der Waals surface area contributed by atoms with Gasteiger partial charge in [-0.15, -0.1) is 0 Å². The molecule has 1 N–H and O–H groups in total. The van der Waals surface area contributed by atoms with E-state index in [1.54, 1.807) is 19.9 Å². The van der Waals surface area contributed by atoms with Gasteiger partial charge in [0.05, 0.1) is 11.5 Å². The second-order valence-corrected chi connectivity index (χ2v) is 5.56. The molecular formula is C15H14ClN3O. The van der Waals surface area contributed by atoms with Crippen LogP contribution in [0.3, 0.4) is 0 Å². The molecule has 1 amide bonds.